The maximum absolute atomic E-state index is 12.0. The molecule has 0 N–H and O–H groups in total. The van der Waals surface area contributed by atoms with Crippen molar-refractivity contribution >= 4 is 17.5 Å². The molecule has 0 atom stereocenters. The van der Waals surface area contributed by atoms with Crippen molar-refractivity contribution in [3.05, 3.63) is 35.0 Å². The van der Waals surface area contributed by atoms with E-state index in [-0.39, 0.29) is 5.97 Å². The van der Waals surface area contributed by atoms with E-state index in [1.54, 1.807) is 12.4 Å². The number of pyridine rings is 1. The Morgan fingerprint density at radius 2 is 2.16 bits per heavy atom. The van der Waals surface area contributed by atoms with Crippen molar-refractivity contribution in [3.8, 4) is 11.3 Å². The Labute approximate surface area is 115 Å². The molecule has 4 nitrogen and oxygen atoms in total. The van der Waals surface area contributed by atoms with Crippen LogP contribution in [0.25, 0.3) is 11.3 Å². The van der Waals surface area contributed by atoms with Crippen molar-refractivity contribution in [2.24, 2.45) is 0 Å². The Bertz CT molecular complexity index is 591. The number of carbonyl (C=O) groups is 1. The monoisotopic (exact) mass is 274 g/mol. The second kappa shape index (κ2) is 5.09. The molecule has 3 rings (SSSR count). The predicted octanol–water partition coefficient (Wildman–Crippen LogP) is 3.26. The average Bonchev–Trinajstić information content (AvgIpc) is 3.18. The van der Waals surface area contributed by atoms with Crippen LogP contribution < -0.4 is 0 Å². The van der Waals surface area contributed by atoms with E-state index < -0.39 is 0 Å². The molecule has 0 bridgehead atoms. The molecule has 0 spiro atoms. The Morgan fingerprint density at radius 1 is 1.42 bits per heavy atom. The molecule has 0 radical (unpaired) electrons. The van der Waals surface area contributed by atoms with E-state index in [1.165, 1.54) is 11.5 Å². The maximum atomic E-state index is 12.0. The van der Waals surface area contributed by atoms with Crippen LogP contribution in [0.4, 0.5) is 0 Å². The van der Waals surface area contributed by atoms with Gasteiger partial charge in [0, 0.05) is 23.5 Å². The van der Waals surface area contributed by atoms with Crippen molar-refractivity contribution < 1.29 is 9.53 Å². The highest BCUT2D eigenvalue weighted by molar-refractivity contribution is 7.08. The molecule has 0 aliphatic heterocycles. The van der Waals surface area contributed by atoms with Gasteiger partial charge >= 0.3 is 5.97 Å². The second-order valence-corrected chi connectivity index (χ2v) is 5.28. The zero-order valence-electron chi connectivity index (χ0n) is 10.6. The van der Waals surface area contributed by atoms with Gasteiger partial charge in [-0.05, 0) is 49.3 Å². The van der Waals surface area contributed by atoms with Gasteiger partial charge in [0.1, 0.15) is 4.88 Å². The second-order valence-electron chi connectivity index (χ2n) is 4.50. The van der Waals surface area contributed by atoms with Gasteiger partial charge in [-0.25, -0.2) is 4.79 Å². The predicted molar refractivity (Wildman–Crippen MR) is 73.3 cm³/mol. The average molecular weight is 274 g/mol. The van der Waals surface area contributed by atoms with Gasteiger partial charge in [-0.15, -0.1) is 0 Å². The Hall–Kier alpha value is -1.75. The molecular formula is C14H14N2O2S. The standard InChI is InChI=1S/C14H14N2O2S/c1-2-18-14(17)13-11(9-3-4-9)12(16-19-13)10-5-7-15-8-6-10/h5-9H,2-4H2,1H3. The van der Waals surface area contributed by atoms with Crippen LogP contribution in [0.3, 0.4) is 0 Å². The molecular weight excluding hydrogens is 260 g/mol. The summed E-state index contributed by atoms with van der Waals surface area (Å²) in [4.78, 5) is 16.7. The van der Waals surface area contributed by atoms with Crippen LogP contribution in [0.2, 0.25) is 0 Å². The van der Waals surface area contributed by atoms with Gasteiger partial charge < -0.3 is 4.74 Å². The van der Waals surface area contributed by atoms with Gasteiger partial charge in [-0.3, -0.25) is 4.98 Å². The van der Waals surface area contributed by atoms with Gasteiger partial charge in [-0.1, -0.05) is 0 Å². The number of rotatable bonds is 4. The van der Waals surface area contributed by atoms with Gasteiger partial charge in [0.2, 0.25) is 0 Å². The Balaban J connectivity index is 2.04. The zero-order valence-corrected chi connectivity index (χ0v) is 11.4. The van der Waals surface area contributed by atoms with Gasteiger partial charge in [0.05, 0.1) is 12.3 Å². The Morgan fingerprint density at radius 3 is 2.79 bits per heavy atom. The first kappa shape index (κ1) is 12.3. The topological polar surface area (TPSA) is 52.1 Å². The third-order valence-corrected chi connectivity index (χ3v) is 3.97. The maximum Gasteiger partial charge on any atom is 0.350 e. The lowest BCUT2D eigenvalue weighted by molar-refractivity contribution is 0.0531. The number of hydrogen-bond acceptors (Lipinski definition) is 5. The van der Waals surface area contributed by atoms with Crippen LogP contribution >= 0.6 is 11.5 Å². The summed E-state index contributed by atoms with van der Waals surface area (Å²) in [7, 11) is 0. The number of esters is 1. The fourth-order valence-corrected chi connectivity index (χ4v) is 2.99. The minimum Gasteiger partial charge on any atom is -0.462 e. The van der Waals surface area contributed by atoms with E-state index >= 15 is 0 Å². The molecule has 1 saturated carbocycles. The highest BCUT2D eigenvalue weighted by atomic mass is 32.1. The van der Waals surface area contributed by atoms with Gasteiger partial charge in [-0.2, -0.15) is 4.37 Å². The first-order valence-electron chi connectivity index (χ1n) is 6.38. The molecule has 1 fully saturated rings. The quantitative estimate of drug-likeness (QED) is 0.803. The van der Waals surface area contributed by atoms with Crippen molar-refractivity contribution in [1.82, 2.24) is 9.36 Å². The molecule has 0 aromatic carbocycles. The molecule has 1 aliphatic carbocycles. The molecule has 2 aromatic rings. The summed E-state index contributed by atoms with van der Waals surface area (Å²) in [5, 5.41) is 0. The van der Waals surface area contributed by atoms with Crippen LogP contribution in [0.15, 0.2) is 24.5 Å². The summed E-state index contributed by atoms with van der Waals surface area (Å²) in [5.74, 6) is 0.212. The third kappa shape index (κ3) is 2.38. The number of ether oxygens (including phenoxy) is 1. The molecule has 0 amide bonds. The third-order valence-electron chi connectivity index (χ3n) is 3.13. The van der Waals surface area contributed by atoms with Crippen molar-refractivity contribution in [2.45, 2.75) is 25.7 Å². The van der Waals surface area contributed by atoms with E-state index in [4.69, 9.17) is 4.74 Å². The number of carbonyl (C=O) groups excluding carboxylic acids is 1. The molecule has 2 heterocycles. The minimum atomic E-state index is -0.248. The molecule has 0 unspecified atom stereocenters. The lowest BCUT2D eigenvalue weighted by Gasteiger charge is -2.04. The minimum absolute atomic E-state index is 0.248. The molecule has 98 valence electrons. The summed E-state index contributed by atoms with van der Waals surface area (Å²) in [6.07, 6.45) is 5.75. The zero-order chi connectivity index (χ0) is 13.2. The first-order chi connectivity index (χ1) is 9.31. The summed E-state index contributed by atoms with van der Waals surface area (Å²) in [6.45, 7) is 2.21. The molecule has 0 saturated heterocycles. The summed E-state index contributed by atoms with van der Waals surface area (Å²) in [5.41, 5.74) is 3.00. The summed E-state index contributed by atoms with van der Waals surface area (Å²) >= 11 is 1.24. The highest BCUT2D eigenvalue weighted by Crippen LogP contribution is 2.47. The van der Waals surface area contributed by atoms with Crippen molar-refractivity contribution in [3.63, 3.8) is 0 Å². The summed E-state index contributed by atoms with van der Waals surface area (Å²) in [6, 6.07) is 3.85. The van der Waals surface area contributed by atoms with Crippen molar-refractivity contribution in [2.75, 3.05) is 6.61 Å². The Kier molecular flexibility index (Phi) is 3.29. The normalized spacial score (nSPS) is 14.4. The molecule has 19 heavy (non-hydrogen) atoms. The van der Waals surface area contributed by atoms with E-state index in [0.29, 0.717) is 17.4 Å². The van der Waals surface area contributed by atoms with Crippen LogP contribution in [0.5, 0.6) is 0 Å². The smallest absolute Gasteiger partial charge is 0.350 e. The number of hydrogen-bond donors (Lipinski definition) is 0. The van der Waals surface area contributed by atoms with Crippen LogP contribution in [0, 0.1) is 0 Å². The lowest BCUT2D eigenvalue weighted by atomic mass is 10.0. The largest absolute Gasteiger partial charge is 0.462 e. The molecule has 2 aromatic heterocycles. The van der Waals surface area contributed by atoms with Gasteiger partial charge in [0.25, 0.3) is 0 Å². The SMILES string of the molecule is CCOC(=O)c1snc(-c2ccncc2)c1C1CC1. The van der Waals surface area contributed by atoms with E-state index in [1.807, 2.05) is 19.1 Å². The lowest BCUT2D eigenvalue weighted by Crippen LogP contribution is -2.05. The fourth-order valence-electron chi connectivity index (χ4n) is 2.11. The van der Waals surface area contributed by atoms with Crippen LogP contribution in [-0.4, -0.2) is 21.9 Å². The fraction of sp³-hybridized carbons (Fsp3) is 0.357. The van der Waals surface area contributed by atoms with Gasteiger partial charge in [0.15, 0.2) is 0 Å². The van der Waals surface area contributed by atoms with Crippen LogP contribution in [-0.2, 0) is 4.74 Å². The van der Waals surface area contributed by atoms with E-state index in [0.717, 1.165) is 29.7 Å². The highest BCUT2D eigenvalue weighted by Gasteiger charge is 2.34. The first-order valence-corrected chi connectivity index (χ1v) is 7.15. The van der Waals surface area contributed by atoms with Crippen molar-refractivity contribution in [1.29, 1.82) is 0 Å². The number of aromatic nitrogens is 2. The van der Waals surface area contributed by atoms with E-state index in [9.17, 15) is 4.79 Å². The molecule has 5 heteroatoms. The molecule has 1 aliphatic rings. The van der Waals surface area contributed by atoms with Crippen LogP contribution in [0.1, 0.15) is 40.9 Å². The van der Waals surface area contributed by atoms with E-state index in [2.05, 4.69) is 9.36 Å². The number of nitrogens with zero attached hydrogens (tertiary/aromatic N) is 2. The summed E-state index contributed by atoms with van der Waals surface area (Å²) < 4.78 is 9.58.